The average molecular weight is 495 g/mol. The van der Waals surface area contributed by atoms with Gasteiger partial charge in [-0.05, 0) is 19.1 Å². The van der Waals surface area contributed by atoms with E-state index in [4.69, 9.17) is 23.2 Å². The molecule has 8 nitrogen and oxygen atoms in total. The number of piperazine rings is 1. The maximum absolute atomic E-state index is 13.0. The van der Waals surface area contributed by atoms with Crippen molar-refractivity contribution in [3.63, 3.8) is 0 Å². The lowest BCUT2D eigenvalue weighted by Gasteiger charge is -2.35. The first-order valence-electron chi connectivity index (χ1n) is 8.99. The minimum absolute atomic E-state index is 0.0173. The Balaban J connectivity index is 1.62. The zero-order chi connectivity index (χ0) is 22.6. The Hall–Kier alpha value is -2.15. The molecule has 4 rings (SSSR count). The van der Waals surface area contributed by atoms with Gasteiger partial charge in [-0.3, -0.25) is 0 Å². The molecule has 3 heterocycles. The van der Waals surface area contributed by atoms with Gasteiger partial charge in [0.2, 0.25) is 10.0 Å². The van der Waals surface area contributed by atoms with Gasteiger partial charge in [0.05, 0.1) is 10.0 Å². The van der Waals surface area contributed by atoms with E-state index in [2.05, 4.69) is 15.1 Å². The fourth-order valence-electron chi connectivity index (χ4n) is 3.33. The highest BCUT2D eigenvalue weighted by molar-refractivity contribution is 7.89. The molecular weight excluding hydrogens is 480 g/mol. The summed E-state index contributed by atoms with van der Waals surface area (Å²) in [6.07, 6.45) is -4.71. The van der Waals surface area contributed by atoms with E-state index in [-0.39, 0.29) is 46.9 Å². The van der Waals surface area contributed by atoms with Crippen LogP contribution in [0.25, 0.3) is 5.78 Å². The van der Waals surface area contributed by atoms with Crippen molar-refractivity contribution in [2.75, 3.05) is 31.1 Å². The van der Waals surface area contributed by atoms with E-state index >= 15 is 0 Å². The van der Waals surface area contributed by atoms with Crippen LogP contribution < -0.4 is 4.90 Å². The molecule has 0 bridgehead atoms. The van der Waals surface area contributed by atoms with E-state index in [1.165, 1.54) is 16.4 Å². The molecule has 31 heavy (non-hydrogen) atoms. The third-order valence-corrected chi connectivity index (χ3v) is 7.61. The third-order valence-electron chi connectivity index (χ3n) is 4.75. The summed E-state index contributed by atoms with van der Waals surface area (Å²) in [5, 5.41) is 3.58. The number of anilines is 1. The van der Waals surface area contributed by atoms with Crippen LogP contribution in [0.5, 0.6) is 0 Å². The van der Waals surface area contributed by atoms with Gasteiger partial charge in [-0.25, -0.2) is 13.4 Å². The molecule has 1 saturated heterocycles. The number of rotatable bonds is 3. The van der Waals surface area contributed by atoms with Gasteiger partial charge in [-0.15, -0.1) is 5.10 Å². The van der Waals surface area contributed by atoms with Crippen molar-refractivity contribution < 1.29 is 21.6 Å². The summed E-state index contributed by atoms with van der Waals surface area (Å²) >= 11 is 12.1. The van der Waals surface area contributed by atoms with Gasteiger partial charge in [-0.1, -0.05) is 29.3 Å². The molecule has 0 spiro atoms. The lowest BCUT2D eigenvalue weighted by molar-refractivity contribution is -0.144. The number of alkyl halides is 3. The zero-order valence-corrected chi connectivity index (χ0v) is 18.3. The first kappa shape index (κ1) is 22.1. The van der Waals surface area contributed by atoms with Gasteiger partial charge < -0.3 is 4.90 Å². The van der Waals surface area contributed by atoms with Crippen LogP contribution in [0, 0.1) is 6.92 Å². The highest BCUT2D eigenvalue weighted by Gasteiger charge is 2.37. The van der Waals surface area contributed by atoms with Crippen molar-refractivity contribution >= 4 is 44.8 Å². The van der Waals surface area contributed by atoms with Crippen molar-refractivity contribution in [2.24, 2.45) is 0 Å². The second-order valence-electron chi connectivity index (χ2n) is 6.84. The van der Waals surface area contributed by atoms with E-state index in [9.17, 15) is 21.6 Å². The van der Waals surface area contributed by atoms with Crippen molar-refractivity contribution in [1.29, 1.82) is 0 Å². The van der Waals surface area contributed by atoms with E-state index in [0.29, 0.717) is 11.5 Å². The van der Waals surface area contributed by atoms with Gasteiger partial charge in [0, 0.05) is 37.9 Å². The molecule has 14 heteroatoms. The number of sulfonamides is 1. The summed E-state index contributed by atoms with van der Waals surface area (Å²) in [7, 11) is -3.95. The van der Waals surface area contributed by atoms with Crippen molar-refractivity contribution in [3.8, 4) is 0 Å². The number of hydrogen-bond donors (Lipinski definition) is 0. The van der Waals surface area contributed by atoms with E-state index < -0.39 is 22.0 Å². The zero-order valence-electron chi connectivity index (χ0n) is 15.9. The molecule has 1 aromatic carbocycles. The highest BCUT2D eigenvalue weighted by atomic mass is 35.5. The van der Waals surface area contributed by atoms with Crippen molar-refractivity contribution in [1.82, 2.24) is 23.9 Å². The summed E-state index contributed by atoms with van der Waals surface area (Å²) < 4.78 is 67.4. The van der Waals surface area contributed by atoms with Gasteiger partial charge >= 0.3 is 6.18 Å². The molecule has 0 N–H and O–H groups in total. The Bertz CT molecular complexity index is 1240. The summed E-state index contributed by atoms with van der Waals surface area (Å²) in [6, 6.07) is 6.01. The molecule has 2 aromatic heterocycles. The normalized spacial score (nSPS) is 16.3. The van der Waals surface area contributed by atoms with Crippen LogP contribution >= 0.6 is 23.2 Å². The molecule has 166 valence electrons. The van der Waals surface area contributed by atoms with Gasteiger partial charge in [0.25, 0.3) is 11.6 Å². The molecule has 1 aliphatic heterocycles. The monoisotopic (exact) mass is 494 g/mol. The Labute approximate surface area is 185 Å². The van der Waals surface area contributed by atoms with Gasteiger partial charge in [0.15, 0.2) is 0 Å². The molecule has 0 radical (unpaired) electrons. The Morgan fingerprint density at radius 1 is 1.03 bits per heavy atom. The Morgan fingerprint density at radius 2 is 1.65 bits per heavy atom. The molecular formula is C17H15Cl2F3N6O2S. The smallest absolute Gasteiger partial charge is 0.354 e. The molecule has 0 unspecified atom stereocenters. The van der Waals surface area contributed by atoms with E-state index in [1.54, 1.807) is 24.0 Å². The van der Waals surface area contributed by atoms with Crippen molar-refractivity contribution in [3.05, 3.63) is 45.8 Å². The quantitative estimate of drug-likeness (QED) is 0.555. The highest BCUT2D eigenvalue weighted by Crippen LogP contribution is 2.32. The standard InChI is InChI=1S/C17H15Cl2F3N6O2S/c1-10-9-13(28-16(23-10)24-15(25-28)17(20,21)22)26-5-7-27(8-6-26)31(29,30)14-11(18)3-2-4-12(14)19/h2-4,9H,5-8H2,1H3. The maximum Gasteiger partial charge on any atom is 0.453 e. The van der Waals surface area contributed by atoms with Crippen molar-refractivity contribution in [2.45, 2.75) is 18.0 Å². The predicted molar refractivity (Wildman–Crippen MR) is 108 cm³/mol. The van der Waals surface area contributed by atoms with Crippen LogP contribution in [0.2, 0.25) is 10.0 Å². The first-order chi connectivity index (χ1) is 14.5. The lowest BCUT2D eigenvalue weighted by atomic mass is 10.3. The summed E-state index contributed by atoms with van der Waals surface area (Å²) in [6.45, 7) is 2.20. The fraction of sp³-hybridized carbons (Fsp3) is 0.353. The van der Waals surface area contributed by atoms with Crippen LogP contribution in [0.3, 0.4) is 0 Å². The molecule has 1 aliphatic rings. The molecule has 0 aliphatic carbocycles. The third kappa shape index (κ3) is 4.04. The maximum atomic E-state index is 13.0. The second kappa shape index (κ2) is 7.76. The minimum Gasteiger partial charge on any atom is -0.354 e. The molecule has 0 amide bonds. The number of nitrogens with zero attached hydrogens (tertiary/aromatic N) is 6. The molecule has 1 fully saturated rings. The van der Waals surface area contributed by atoms with Crippen LogP contribution in [0.4, 0.5) is 19.0 Å². The Morgan fingerprint density at radius 3 is 2.23 bits per heavy atom. The number of aromatic nitrogens is 4. The number of aryl methyl sites for hydroxylation is 1. The molecule has 3 aromatic rings. The van der Waals surface area contributed by atoms with Gasteiger partial charge in [-0.2, -0.15) is 27.0 Å². The summed E-state index contributed by atoms with van der Waals surface area (Å²) in [4.78, 5) is 9.04. The van der Waals surface area contributed by atoms with E-state index in [0.717, 1.165) is 4.52 Å². The minimum atomic E-state index is -4.71. The summed E-state index contributed by atoms with van der Waals surface area (Å²) in [5.74, 6) is -1.13. The second-order valence-corrected chi connectivity index (χ2v) is 9.53. The number of benzene rings is 1. The van der Waals surface area contributed by atoms with Crippen LogP contribution in [-0.4, -0.2) is 58.5 Å². The molecule has 0 saturated carbocycles. The number of fused-ring (bicyclic) bond motifs is 1. The van der Waals surface area contributed by atoms with Crippen LogP contribution in [-0.2, 0) is 16.2 Å². The average Bonchev–Trinajstić information content (AvgIpc) is 3.11. The predicted octanol–water partition coefficient (Wildman–Crippen LogP) is 3.27. The molecule has 0 atom stereocenters. The topological polar surface area (TPSA) is 83.7 Å². The Kier molecular flexibility index (Phi) is 5.53. The van der Waals surface area contributed by atoms with E-state index in [1.807, 2.05) is 0 Å². The fourth-order valence-corrected chi connectivity index (χ4v) is 5.84. The van der Waals surface area contributed by atoms with Gasteiger partial charge in [0.1, 0.15) is 10.7 Å². The lowest BCUT2D eigenvalue weighted by Crippen LogP contribution is -2.49. The van der Waals surface area contributed by atoms with Crippen LogP contribution in [0.15, 0.2) is 29.2 Å². The summed E-state index contributed by atoms with van der Waals surface area (Å²) in [5.41, 5.74) is 0.460. The largest absolute Gasteiger partial charge is 0.453 e. The number of halogens is 5. The first-order valence-corrected chi connectivity index (χ1v) is 11.2. The number of hydrogen-bond acceptors (Lipinski definition) is 6. The van der Waals surface area contributed by atoms with Crippen LogP contribution in [0.1, 0.15) is 11.5 Å². The SMILES string of the molecule is Cc1cc(N2CCN(S(=O)(=O)c3c(Cl)cccc3Cl)CC2)n2nc(C(F)(F)F)nc2n1.